The zero-order valence-electron chi connectivity index (χ0n) is 9.69. The first-order valence-corrected chi connectivity index (χ1v) is 5.61. The van der Waals surface area contributed by atoms with Crippen molar-refractivity contribution < 1.29 is 14.6 Å². The first-order chi connectivity index (χ1) is 8.24. The molecular weight excluding hydrogens is 220 g/mol. The zero-order chi connectivity index (χ0) is 12.5. The van der Waals surface area contributed by atoms with E-state index in [4.69, 9.17) is 15.6 Å². The molecule has 0 fully saturated rings. The molecular formula is C12H18N2O3. The summed E-state index contributed by atoms with van der Waals surface area (Å²) in [6.45, 7) is 2.77. The second-order valence-corrected chi connectivity index (χ2v) is 3.57. The van der Waals surface area contributed by atoms with Crippen molar-refractivity contribution >= 4 is 5.97 Å². The number of carboxylic acids is 1. The molecule has 0 amide bonds. The zero-order valence-corrected chi connectivity index (χ0v) is 9.69. The molecule has 17 heavy (non-hydrogen) atoms. The van der Waals surface area contributed by atoms with Crippen LogP contribution in [0.1, 0.15) is 16.8 Å². The van der Waals surface area contributed by atoms with Crippen LogP contribution >= 0.6 is 0 Å². The molecule has 1 aromatic rings. The van der Waals surface area contributed by atoms with Gasteiger partial charge in [-0.15, -0.1) is 0 Å². The van der Waals surface area contributed by atoms with Crippen LogP contribution in [0.2, 0.25) is 0 Å². The highest BCUT2D eigenvalue weighted by molar-refractivity contribution is 5.87. The maximum atomic E-state index is 10.7. The van der Waals surface area contributed by atoms with Crippen LogP contribution in [0.4, 0.5) is 0 Å². The summed E-state index contributed by atoms with van der Waals surface area (Å²) >= 11 is 0. The highest BCUT2D eigenvalue weighted by Crippen LogP contribution is 2.12. The largest absolute Gasteiger partial charge is 0.492 e. The van der Waals surface area contributed by atoms with Crippen molar-refractivity contribution in [3.63, 3.8) is 0 Å². The van der Waals surface area contributed by atoms with Crippen LogP contribution in [0, 0.1) is 0 Å². The highest BCUT2D eigenvalue weighted by atomic mass is 16.5. The Kier molecular flexibility index (Phi) is 6.06. The number of carboxylic acid groups (broad SMARTS) is 1. The Hall–Kier alpha value is -1.59. The van der Waals surface area contributed by atoms with Crippen molar-refractivity contribution in [1.29, 1.82) is 0 Å². The second kappa shape index (κ2) is 7.65. The first-order valence-electron chi connectivity index (χ1n) is 5.61. The van der Waals surface area contributed by atoms with Crippen LogP contribution < -0.4 is 15.8 Å². The Morgan fingerprint density at radius 1 is 1.41 bits per heavy atom. The number of carbonyl (C=O) groups is 1. The van der Waals surface area contributed by atoms with Crippen molar-refractivity contribution in [3.05, 3.63) is 29.8 Å². The predicted octanol–water partition coefficient (Wildman–Crippen LogP) is 0.702. The van der Waals surface area contributed by atoms with Gasteiger partial charge in [0.25, 0.3) is 0 Å². The Balaban J connectivity index is 2.27. The van der Waals surface area contributed by atoms with Crippen LogP contribution in [0.25, 0.3) is 0 Å². The lowest BCUT2D eigenvalue weighted by Crippen LogP contribution is -2.23. The van der Waals surface area contributed by atoms with Gasteiger partial charge in [0.1, 0.15) is 12.4 Å². The van der Waals surface area contributed by atoms with E-state index in [-0.39, 0.29) is 5.56 Å². The third-order valence-electron chi connectivity index (χ3n) is 2.19. The predicted molar refractivity (Wildman–Crippen MR) is 65.4 cm³/mol. The Bertz CT molecular complexity index is 355. The standard InChI is InChI=1S/C12H18N2O3/c13-5-2-6-14-7-8-17-11-4-1-3-10(9-11)12(15)16/h1,3-4,9,14H,2,5-8,13H2,(H,15,16). The van der Waals surface area contributed by atoms with Gasteiger partial charge in [0.05, 0.1) is 5.56 Å². The number of hydrogen-bond donors (Lipinski definition) is 3. The molecule has 0 aromatic heterocycles. The van der Waals surface area contributed by atoms with E-state index < -0.39 is 5.97 Å². The van der Waals surface area contributed by atoms with Crippen molar-refractivity contribution in [2.24, 2.45) is 5.73 Å². The molecule has 0 aliphatic carbocycles. The molecule has 4 N–H and O–H groups in total. The van der Waals surface area contributed by atoms with Crippen LogP contribution in [0.5, 0.6) is 5.75 Å². The summed E-state index contributed by atoms with van der Waals surface area (Å²) in [4.78, 5) is 10.7. The molecule has 0 saturated heterocycles. The Morgan fingerprint density at radius 3 is 2.94 bits per heavy atom. The van der Waals surface area contributed by atoms with Gasteiger partial charge in [0, 0.05) is 6.54 Å². The summed E-state index contributed by atoms with van der Waals surface area (Å²) in [7, 11) is 0. The van der Waals surface area contributed by atoms with Crippen LogP contribution in [-0.4, -0.2) is 37.3 Å². The summed E-state index contributed by atoms with van der Waals surface area (Å²) in [6, 6.07) is 6.46. The number of aromatic carboxylic acids is 1. The minimum Gasteiger partial charge on any atom is -0.492 e. The molecule has 5 heteroatoms. The fraction of sp³-hybridized carbons (Fsp3) is 0.417. The van der Waals surface area contributed by atoms with Gasteiger partial charge in [-0.1, -0.05) is 6.07 Å². The normalized spacial score (nSPS) is 10.2. The molecule has 0 aliphatic rings. The first kappa shape index (κ1) is 13.5. The molecule has 0 saturated carbocycles. The lowest BCUT2D eigenvalue weighted by Gasteiger charge is -2.07. The number of nitrogens with two attached hydrogens (primary N) is 1. The average molecular weight is 238 g/mol. The molecule has 5 nitrogen and oxygen atoms in total. The third kappa shape index (κ3) is 5.33. The number of nitrogens with one attached hydrogen (secondary N) is 1. The van der Waals surface area contributed by atoms with E-state index in [0.29, 0.717) is 18.9 Å². The molecule has 0 unspecified atom stereocenters. The van der Waals surface area contributed by atoms with E-state index in [1.807, 2.05) is 0 Å². The topological polar surface area (TPSA) is 84.6 Å². The lowest BCUT2D eigenvalue weighted by molar-refractivity contribution is 0.0696. The molecule has 0 spiro atoms. The minimum atomic E-state index is -0.948. The smallest absolute Gasteiger partial charge is 0.335 e. The number of ether oxygens (including phenoxy) is 1. The van der Waals surface area contributed by atoms with Gasteiger partial charge in [-0.2, -0.15) is 0 Å². The SMILES string of the molecule is NCCCNCCOc1cccc(C(=O)O)c1. The van der Waals surface area contributed by atoms with Crippen molar-refractivity contribution in [3.8, 4) is 5.75 Å². The Morgan fingerprint density at radius 2 is 2.24 bits per heavy atom. The maximum Gasteiger partial charge on any atom is 0.335 e. The summed E-state index contributed by atoms with van der Waals surface area (Å²) < 4.78 is 5.42. The van der Waals surface area contributed by atoms with E-state index >= 15 is 0 Å². The Labute approximate surface area is 101 Å². The second-order valence-electron chi connectivity index (χ2n) is 3.57. The monoisotopic (exact) mass is 238 g/mol. The number of rotatable bonds is 8. The van der Waals surface area contributed by atoms with Crippen LogP contribution in [-0.2, 0) is 0 Å². The van der Waals surface area contributed by atoms with Gasteiger partial charge >= 0.3 is 5.97 Å². The quantitative estimate of drug-likeness (QED) is 0.581. The van der Waals surface area contributed by atoms with Gasteiger partial charge < -0.3 is 20.9 Å². The molecule has 1 aromatic carbocycles. The lowest BCUT2D eigenvalue weighted by atomic mass is 10.2. The molecule has 0 heterocycles. The minimum absolute atomic E-state index is 0.235. The van der Waals surface area contributed by atoms with Crippen molar-refractivity contribution in [1.82, 2.24) is 5.32 Å². The highest BCUT2D eigenvalue weighted by Gasteiger charge is 2.03. The number of hydrogen-bond acceptors (Lipinski definition) is 4. The average Bonchev–Trinajstić information content (AvgIpc) is 2.34. The summed E-state index contributed by atoms with van der Waals surface area (Å²) in [5.41, 5.74) is 5.59. The van der Waals surface area contributed by atoms with Gasteiger partial charge in [0.2, 0.25) is 0 Å². The van der Waals surface area contributed by atoms with E-state index in [2.05, 4.69) is 5.32 Å². The summed E-state index contributed by atoms with van der Waals surface area (Å²) in [6.07, 6.45) is 0.939. The molecule has 94 valence electrons. The molecule has 0 aliphatic heterocycles. The van der Waals surface area contributed by atoms with E-state index in [9.17, 15) is 4.79 Å². The van der Waals surface area contributed by atoms with E-state index in [1.54, 1.807) is 12.1 Å². The summed E-state index contributed by atoms with van der Waals surface area (Å²) in [5, 5.41) is 12.0. The van der Waals surface area contributed by atoms with Crippen LogP contribution in [0.15, 0.2) is 24.3 Å². The molecule has 0 atom stereocenters. The molecule has 1 rings (SSSR count). The fourth-order valence-electron chi connectivity index (χ4n) is 1.31. The van der Waals surface area contributed by atoms with Crippen molar-refractivity contribution in [2.75, 3.05) is 26.2 Å². The third-order valence-corrected chi connectivity index (χ3v) is 2.19. The molecule has 0 bridgehead atoms. The van der Waals surface area contributed by atoms with E-state index in [0.717, 1.165) is 19.5 Å². The maximum absolute atomic E-state index is 10.7. The molecule has 0 radical (unpaired) electrons. The van der Waals surface area contributed by atoms with Gasteiger partial charge in [-0.05, 0) is 37.7 Å². The van der Waals surface area contributed by atoms with Gasteiger partial charge in [-0.3, -0.25) is 0 Å². The fourth-order valence-corrected chi connectivity index (χ4v) is 1.31. The van der Waals surface area contributed by atoms with Gasteiger partial charge in [-0.25, -0.2) is 4.79 Å². The summed E-state index contributed by atoms with van der Waals surface area (Å²) in [5.74, 6) is -0.373. The van der Waals surface area contributed by atoms with Crippen LogP contribution in [0.3, 0.4) is 0 Å². The van der Waals surface area contributed by atoms with Crippen molar-refractivity contribution in [2.45, 2.75) is 6.42 Å². The van der Waals surface area contributed by atoms with E-state index in [1.165, 1.54) is 12.1 Å². The van der Waals surface area contributed by atoms with Gasteiger partial charge in [0.15, 0.2) is 0 Å². The number of benzene rings is 1.